The second-order valence-electron chi connectivity index (χ2n) is 4.89. The fraction of sp³-hybridized carbons (Fsp3) is 0.818. The van der Waals surface area contributed by atoms with Crippen LogP contribution in [0.15, 0.2) is 0 Å². The summed E-state index contributed by atoms with van der Waals surface area (Å²) in [4.78, 5) is 23.9. The maximum atomic E-state index is 11.8. The molecular weight excluding hydrogens is 224 g/mol. The molecule has 0 heterocycles. The molecule has 100 valence electrons. The highest BCUT2D eigenvalue weighted by Gasteiger charge is 2.29. The number of aliphatic hydroxyl groups is 1. The second kappa shape index (κ2) is 5.86. The first-order chi connectivity index (χ1) is 7.63. The van der Waals surface area contributed by atoms with E-state index in [9.17, 15) is 9.59 Å². The number of carbonyl (C=O) groups excluding carboxylic acids is 1. The molecule has 0 saturated carbocycles. The molecular formula is C11H22N2O4. The van der Waals surface area contributed by atoms with Gasteiger partial charge < -0.3 is 20.4 Å². The summed E-state index contributed by atoms with van der Waals surface area (Å²) < 4.78 is 0. The van der Waals surface area contributed by atoms with Gasteiger partial charge in [0.1, 0.15) is 0 Å². The third-order valence-electron chi connectivity index (χ3n) is 3.09. The number of hydrogen-bond acceptors (Lipinski definition) is 3. The van der Waals surface area contributed by atoms with Crippen LogP contribution in [0.2, 0.25) is 0 Å². The summed E-state index contributed by atoms with van der Waals surface area (Å²) in [6, 6.07) is -0.874. The summed E-state index contributed by atoms with van der Waals surface area (Å²) in [7, 11) is 1.56. The second-order valence-corrected chi connectivity index (χ2v) is 4.89. The number of carboxylic acids is 1. The van der Waals surface area contributed by atoms with Crippen molar-refractivity contribution in [3.63, 3.8) is 0 Å². The number of likely N-dealkylation sites (N-methyl/N-ethyl adjacent to an activating group) is 1. The Balaban J connectivity index is 4.50. The summed E-state index contributed by atoms with van der Waals surface area (Å²) in [5.41, 5.74) is -0.684. The van der Waals surface area contributed by atoms with Crippen LogP contribution >= 0.6 is 0 Å². The number of amides is 2. The lowest BCUT2D eigenvalue weighted by molar-refractivity contribution is -0.141. The Morgan fingerprint density at radius 3 is 2.18 bits per heavy atom. The predicted octanol–water partition coefficient (Wildman–Crippen LogP) is 0.508. The number of nitrogens with zero attached hydrogens (tertiary/aromatic N) is 1. The molecule has 0 aromatic carbocycles. The van der Waals surface area contributed by atoms with Gasteiger partial charge in [0.05, 0.1) is 18.1 Å². The maximum absolute atomic E-state index is 11.8. The molecule has 0 aliphatic carbocycles. The highest BCUT2D eigenvalue weighted by atomic mass is 16.4. The average Bonchev–Trinajstić information content (AvgIpc) is 2.26. The molecule has 2 atom stereocenters. The topological polar surface area (TPSA) is 89.9 Å². The molecule has 0 spiro atoms. The van der Waals surface area contributed by atoms with Crippen LogP contribution in [0.1, 0.15) is 27.7 Å². The number of carbonyl (C=O) groups is 2. The van der Waals surface area contributed by atoms with E-state index in [1.165, 1.54) is 11.8 Å². The Hall–Kier alpha value is -1.30. The smallest absolute Gasteiger partial charge is 0.317 e. The van der Waals surface area contributed by atoms with E-state index in [0.717, 1.165) is 0 Å². The van der Waals surface area contributed by atoms with Crippen LogP contribution in [-0.2, 0) is 4.79 Å². The van der Waals surface area contributed by atoms with E-state index < -0.39 is 29.5 Å². The van der Waals surface area contributed by atoms with Gasteiger partial charge in [-0.2, -0.15) is 0 Å². The van der Waals surface area contributed by atoms with Crippen molar-refractivity contribution in [3.05, 3.63) is 0 Å². The number of rotatable bonds is 5. The van der Waals surface area contributed by atoms with Gasteiger partial charge in [-0.05, 0) is 27.7 Å². The van der Waals surface area contributed by atoms with Crippen LogP contribution in [0.3, 0.4) is 0 Å². The molecule has 6 heteroatoms. The van der Waals surface area contributed by atoms with Crippen LogP contribution in [0.25, 0.3) is 0 Å². The molecule has 0 aromatic heterocycles. The van der Waals surface area contributed by atoms with Crippen molar-refractivity contribution in [1.82, 2.24) is 10.2 Å². The van der Waals surface area contributed by atoms with E-state index in [1.807, 2.05) is 0 Å². The molecule has 2 unspecified atom stereocenters. The van der Waals surface area contributed by atoms with Crippen molar-refractivity contribution in [2.24, 2.45) is 5.92 Å². The summed E-state index contributed by atoms with van der Waals surface area (Å²) >= 11 is 0. The first-order valence-electron chi connectivity index (χ1n) is 5.51. The van der Waals surface area contributed by atoms with Gasteiger partial charge in [0.25, 0.3) is 0 Å². The van der Waals surface area contributed by atoms with E-state index in [2.05, 4.69) is 5.32 Å². The Morgan fingerprint density at radius 2 is 1.82 bits per heavy atom. The Bertz CT molecular complexity index is 291. The lowest BCUT2D eigenvalue weighted by Crippen LogP contribution is -2.54. The van der Waals surface area contributed by atoms with Crippen LogP contribution in [0.4, 0.5) is 4.79 Å². The van der Waals surface area contributed by atoms with Crippen molar-refractivity contribution in [3.8, 4) is 0 Å². The molecule has 0 radical (unpaired) electrons. The van der Waals surface area contributed by atoms with E-state index in [0.29, 0.717) is 0 Å². The maximum Gasteiger partial charge on any atom is 0.317 e. The van der Waals surface area contributed by atoms with Crippen molar-refractivity contribution in [1.29, 1.82) is 0 Å². The number of aliphatic carboxylic acids is 1. The zero-order valence-electron chi connectivity index (χ0n) is 11.0. The van der Waals surface area contributed by atoms with Crippen molar-refractivity contribution >= 4 is 12.0 Å². The molecule has 0 aromatic rings. The quantitative estimate of drug-likeness (QED) is 0.659. The van der Waals surface area contributed by atoms with Gasteiger partial charge >= 0.3 is 12.0 Å². The summed E-state index contributed by atoms with van der Waals surface area (Å²) in [6.07, 6.45) is 0. The molecule has 0 rings (SSSR count). The van der Waals surface area contributed by atoms with Gasteiger partial charge in [-0.25, -0.2) is 4.79 Å². The van der Waals surface area contributed by atoms with Gasteiger partial charge in [-0.1, -0.05) is 0 Å². The normalized spacial score (nSPS) is 14.9. The Labute approximate surface area is 102 Å². The van der Waals surface area contributed by atoms with Crippen LogP contribution in [-0.4, -0.2) is 52.3 Å². The van der Waals surface area contributed by atoms with Crippen LogP contribution in [0, 0.1) is 5.92 Å². The predicted molar refractivity (Wildman–Crippen MR) is 63.7 cm³/mol. The van der Waals surface area contributed by atoms with Crippen molar-refractivity contribution in [2.45, 2.75) is 39.3 Å². The molecule has 6 nitrogen and oxygen atoms in total. The van der Waals surface area contributed by atoms with Crippen LogP contribution in [0.5, 0.6) is 0 Å². The third-order valence-corrected chi connectivity index (χ3v) is 3.09. The highest BCUT2D eigenvalue weighted by molar-refractivity contribution is 5.77. The molecule has 0 saturated heterocycles. The number of urea groups is 1. The molecule has 0 fully saturated rings. The standard InChI is InChI=1S/C11H22N2O4/c1-7(9(15)16)8(2)12-10(17)13(5)11(3,4)6-14/h7-8,14H,6H2,1-5H3,(H,12,17)(H,15,16). The first-order valence-corrected chi connectivity index (χ1v) is 5.51. The third kappa shape index (κ3) is 4.22. The minimum Gasteiger partial charge on any atom is -0.481 e. The van der Waals surface area contributed by atoms with E-state index in [-0.39, 0.29) is 6.61 Å². The molecule has 2 amide bonds. The van der Waals surface area contributed by atoms with E-state index in [4.69, 9.17) is 10.2 Å². The molecule has 0 aliphatic heterocycles. The molecule has 17 heavy (non-hydrogen) atoms. The number of aliphatic hydroxyl groups excluding tert-OH is 1. The largest absolute Gasteiger partial charge is 0.481 e. The fourth-order valence-electron chi connectivity index (χ4n) is 1.01. The minimum absolute atomic E-state index is 0.167. The molecule has 3 N–H and O–H groups in total. The molecule has 0 bridgehead atoms. The monoisotopic (exact) mass is 246 g/mol. The SMILES string of the molecule is CC(NC(=O)N(C)C(C)(C)CO)C(C)C(=O)O. The number of carboxylic acid groups (broad SMARTS) is 1. The van der Waals surface area contributed by atoms with Gasteiger partial charge in [0, 0.05) is 13.1 Å². The van der Waals surface area contributed by atoms with Crippen molar-refractivity contribution < 1.29 is 19.8 Å². The zero-order valence-corrected chi connectivity index (χ0v) is 11.0. The molecule has 0 aliphatic rings. The fourth-order valence-corrected chi connectivity index (χ4v) is 1.01. The van der Waals surface area contributed by atoms with E-state index >= 15 is 0 Å². The van der Waals surface area contributed by atoms with Gasteiger partial charge in [0.15, 0.2) is 0 Å². The summed E-state index contributed by atoms with van der Waals surface area (Å²) in [6.45, 7) is 6.44. The lowest BCUT2D eigenvalue weighted by Gasteiger charge is -2.35. The lowest BCUT2D eigenvalue weighted by atomic mass is 10.0. The average molecular weight is 246 g/mol. The zero-order chi connectivity index (χ0) is 13.8. The summed E-state index contributed by atoms with van der Waals surface area (Å²) in [5.74, 6) is -1.62. The summed E-state index contributed by atoms with van der Waals surface area (Å²) in [5, 5.41) is 20.5. The first kappa shape index (κ1) is 15.7. The van der Waals surface area contributed by atoms with E-state index in [1.54, 1.807) is 27.8 Å². The van der Waals surface area contributed by atoms with Gasteiger partial charge in [-0.3, -0.25) is 4.79 Å². The Morgan fingerprint density at radius 1 is 1.35 bits per heavy atom. The van der Waals surface area contributed by atoms with Gasteiger partial charge in [-0.15, -0.1) is 0 Å². The number of hydrogen-bond donors (Lipinski definition) is 3. The van der Waals surface area contributed by atoms with Crippen molar-refractivity contribution in [2.75, 3.05) is 13.7 Å². The Kier molecular flexibility index (Phi) is 5.41. The highest BCUT2D eigenvalue weighted by Crippen LogP contribution is 2.12. The minimum atomic E-state index is -0.957. The number of nitrogens with one attached hydrogen (secondary N) is 1. The van der Waals surface area contributed by atoms with Crippen LogP contribution < -0.4 is 5.32 Å². The van der Waals surface area contributed by atoms with Gasteiger partial charge in [0.2, 0.25) is 0 Å².